The van der Waals surface area contributed by atoms with E-state index in [-0.39, 0.29) is 5.60 Å². The molecule has 0 spiro atoms. The number of nitrogens with two attached hydrogens (primary N) is 1. The van der Waals surface area contributed by atoms with Crippen LogP contribution in [0.15, 0.2) is 4.42 Å². The van der Waals surface area contributed by atoms with E-state index in [1.807, 2.05) is 13.8 Å². The van der Waals surface area contributed by atoms with Crippen molar-refractivity contribution in [3.05, 3.63) is 5.89 Å². The summed E-state index contributed by atoms with van der Waals surface area (Å²) >= 11 is 0. The molecule has 0 unspecified atom stereocenters. The summed E-state index contributed by atoms with van der Waals surface area (Å²) in [4.78, 5) is 0. The van der Waals surface area contributed by atoms with Crippen LogP contribution in [0.5, 0.6) is 0 Å². The Morgan fingerprint density at radius 3 is 2.80 bits per heavy atom. The van der Waals surface area contributed by atoms with Crippen LogP contribution in [-0.4, -0.2) is 36.0 Å². The third kappa shape index (κ3) is 3.85. The maximum atomic E-state index is 5.37. The molecule has 0 aliphatic carbocycles. The lowest BCUT2D eigenvalue weighted by molar-refractivity contribution is 0.0339. The minimum absolute atomic E-state index is 0.261. The highest BCUT2D eigenvalue weighted by molar-refractivity contribution is 5.17. The molecule has 0 atom stereocenters. The first-order valence-corrected chi connectivity index (χ1v) is 4.89. The summed E-state index contributed by atoms with van der Waals surface area (Å²) in [6.07, 6.45) is 0.600. The molecule has 0 aromatic carbocycles. The van der Waals surface area contributed by atoms with Crippen LogP contribution >= 0.6 is 0 Å². The topological polar surface area (TPSA) is 86.2 Å². The highest BCUT2D eigenvalue weighted by Gasteiger charge is 2.17. The Balaban J connectivity index is 2.44. The first-order chi connectivity index (χ1) is 7.07. The molecule has 1 aromatic rings. The van der Waals surface area contributed by atoms with Crippen molar-refractivity contribution < 1.29 is 9.15 Å². The van der Waals surface area contributed by atoms with E-state index in [0.29, 0.717) is 31.4 Å². The van der Waals surface area contributed by atoms with Gasteiger partial charge in [-0.25, -0.2) is 0 Å². The first-order valence-electron chi connectivity index (χ1n) is 4.89. The Morgan fingerprint density at radius 1 is 1.47 bits per heavy atom. The van der Waals surface area contributed by atoms with E-state index in [2.05, 4.69) is 15.5 Å². The van der Waals surface area contributed by atoms with E-state index in [1.165, 1.54) is 0 Å². The number of anilines is 1. The predicted molar refractivity (Wildman–Crippen MR) is 56.6 cm³/mol. The Labute approximate surface area is 89.2 Å². The highest BCUT2D eigenvalue weighted by atomic mass is 16.5. The fraction of sp³-hybridized carbons (Fsp3) is 0.778. The van der Waals surface area contributed by atoms with Crippen molar-refractivity contribution in [2.24, 2.45) is 5.73 Å². The second-order valence-corrected chi connectivity index (χ2v) is 3.86. The Morgan fingerprint density at radius 2 is 2.20 bits per heavy atom. The molecule has 15 heavy (non-hydrogen) atoms. The predicted octanol–water partition coefficient (Wildman–Crippen LogP) is 0.408. The molecule has 0 radical (unpaired) electrons. The van der Waals surface area contributed by atoms with Crippen LogP contribution in [0, 0.1) is 0 Å². The van der Waals surface area contributed by atoms with Crippen LogP contribution in [0.2, 0.25) is 0 Å². The summed E-state index contributed by atoms with van der Waals surface area (Å²) in [6.45, 7) is 5.05. The van der Waals surface area contributed by atoms with Gasteiger partial charge in [0.25, 0.3) is 0 Å². The van der Waals surface area contributed by atoms with Gasteiger partial charge in [0.05, 0.1) is 5.60 Å². The Hall–Kier alpha value is -1.14. The number of nitrogens with zero attached hydrogens (tertiary/aromatic N) is 2. The smallest absolute Gasteiger partial charge is 0.315 e. The minimum Gasteiger partial charge on any atom is -0.408 e. The van der Waals surface area contributed by atoms with Crippen molar-refractivity contribution in [2.45, 2.75) is 25.9 Å². The maximum absolute atomic E-state index is 5.37. The molecule has 1 rings (SSSR count). The molecule has 0 aliphatic heterocycles. The quantitative estimate of drug-likeness (QED) is 0.713. The van der Waals surface area contributed by atoms with Crippen LogP contribution in [0.3, 0.4) is 0 Å². The molecule has 3 N–H and O–H groups in total. The van der Waals surface area contributed by atoms with Gasteiger partial charge in [-0.05, 0) is 13.8 Å². The van der Waals surface area contributed by atoms with Gasteiger partial charge in [-0.15, -0.1) is 5.10 Å². The summed E-state index contributed by atoms with van der Waals surface area (Å²) in [5.41, 5.74) is 5.10. The van der Waals surface area contributed by atoms with Crippen LogP contribution in [-0.2, 0) is 11.2 Å². The van der Waals surface area contributed by atoms with Crippen molar-refractivity contribution in [3.63, 3.8) is 0 Å². The SMILES string of the molecule is COC(C)(C)CNc1nnc(CCN)o1. The van der Waals surface area contributed by atoms with Crippen LogP contribution < -0.4 is 11.1 Å². The van der Waals surface area contributed by atoms with E-state index < -0.39 is 0 Å². The number of methoxy groups -OCH3 is 1. The molecule has 6 nitrogen and oxygen atoms in total. The lowest BCUT2D eigenvalue weighted by atomic mass is 10.1. The van der Waals surface area contributed by atoms with Gasteiger partial charge in [-0.1, -0.05) is 5.10 Å². The molecule has 0 saturated carbocycles. The molecular formula is C9H18N4O2. The summed E-state index contributed by atoms with van der Waals surface area (Å²) in [5.74, 6) is 0.551. The molecule has 6 heteroatoms. The fourth-order valence-electron chi connectivity index (χ4n) is 0.910. The fourth-order valence-corrected chi connectivity index (χ4v) is 0.910. The zero-order valence-electron chi connectivity index (χ0n) is 9.41. The molecule has 0 amide bonds. The largest absolute Gasteiger partial charge is 0.408 e. The van der Waals surface area contributed by atoms with Gasteiger partial charge in [-0.2, -0.15) is 0 Å². The standard InChI is InChI=1S/C9H18N4O2/c1-9(2,14-3)6-11-8-13-12-7(15-8)4-5-10/h4-6,10H2,1-3H3,(H,11,13). The third-order valence-electron chi connectivity index (χ3n) is 2.04. The summed E-state index contributed by atoms with van der Waals surface area (Å²) in [5, 5.41) is 10.7. The van der Waals surface area contributed by atoms with E-state index in [1.54, 1.807) is 7.11 Å². The van der Waals surface area contributed by atoms with Gasteiger partial charge in [0, 0.05) is 26.6 Å². The van der Waals surface area contributed by atoms with Crippen LogP contribution in [0.25, 0.3) is 0 Å². The van der Waals surface area contributed by atoms with E-state index in [9.17, 15) is 0 Å². The third-order valence-corrected chi connectivity index (χ3v) is 2.04. The maximum Gasteiger partial charge on any atom is 0.315 e. The molecule has 0 bridgehead atoms. The second-order valence-electron chi connectivity index (χ2n) is 3.86. The van der Waals surface area contributed by atoms with Gasteiger partial charge in [0.15, 0.2) is 0 Å². The average Bonchev–Trinajstić information content (AvgIpc) is 2.64. The molecule has 0 saturated heterocycles. The summed E-state index contributed by atoms with van der Waals surface area (Å²) in [7, 11) is 1.66. The number of ether oxygens (including phenoxy) is 1. The Kier molecular flexibility index (Phi) is 4.05. The number of aromatic nitrogens is 2. The number of rotatable bonds is 6. The zero-order valence-corrected chi connectivity index (χ0v) is 9.41. The van der Waals surface area contributed by atoms with Crippen molar-refractivity contribution in [2.75, 3.05) is 25.5 Å². The van der Waals surface area contributed by atoms with Crippen molar-refractivity contribution >= 4 is 6.01 Å². The van der Waals surface area contributed by atoms with Gasteiger partial charge >= 0.3 is 6.01 Å². The number of hydrogen-bond donors (Lipinski definition) is 2. The number of hydrogen-bond acceptors (Lipinski definition) is 6. The summed E-state index contributed by atoms with van der Waals surface area (Å²) < 4.78 is 10.5. The van der Waals surface area contributed by atoms with E-state index in [0.717, 1.165) is 0 Å². The molecule has 0 fully saturated rings. The number of nitrogens with one attached hydrogen (secondary N) is 1. The van der Waals surface area contributed by atoms with Crippen molar-refractivity contribution in [1.29, 1.82) is 0 Å². The summed E-state index contributed by atoms with van der Waals surface area (Å²) in [6, 6.07) is 0.406. The lowest BCUT2D eigenvalue weighted by Gasteiger charge is -2.22. The average molecular weight is 214 g/mol. The lowest BCUT2D eigenvalue weighted by Crippen LogP contribution is -2.32. The zero-order chi connectivity index (χ0) is 11.3. The molecule has 0 aliphatic rings. The van der Waals surface area contributed by atoms with Crippen LogP contribution in [0.1, 0.15) is 19.7 Å². The molecular weight excluding hydrogens is 196 g/mol. The Bertz CT molecular complexity index is 298. The van der Waals surface area contributed by atoms with Crippen molar-refractivity contribution in [1.82, 2.24) is 10.2 Å². The van der Waals surface area contributed by atoms with Gasteiger partial charge < -0.3 is 20.2 Å². The van der Waals surface area contributed by atoms with E-state index in [4.69, 9.17) is 14.9 Å². The van der Waals surface area contributed by atoms with E-state index >= 15 is 0 Å². The molecule has 1 aromatic heterocycles. The highest BCUT2D eigenvalue weighted by Crippen LogP contribution is 2.10. The van der Waals surface area contributed by atoms with Crippen LogP contribution in [0.4, 0.5) is 6.01 Å². The van der Waals surface area contributed by atoms with Gasteiger partial charge in [-0.3, -0.25) is 0 Å². The minimum atomic E-state index is -0.261. The van der Waals surface area contributed by atoms with Gasteiger partial charge in [0.1, 0.15) is 0 Å². The van der Waals surface area contributed by atoms with Crippen molar-refractivity contribution in [3.8, 4) is 0 Å². The molecule has 1 heterocycles. The second kappa shape index (κ2) is 5.09. The molecule has 86 valence electrons. The first kappa shape index (κ1) is 11.9. The normalized spacial score (nSPS) is 11.7. The van der Waals surface area contributed by atoms with Gasteiger partial charge in [0.2, 0.25) is 5.89 Å². The monoisotopic (exact) mass is 214 g/mol.